The highest BCUT2D eigenvalue weighted by atomic mass is 32.2. The predicted octanol–water partition coefficient (Wildman–Crippen LogP) is 3.67. The molecule has 2 aliphatic rings. The number of amides is 1. The van der Waals surface area contributed by atoms with E-state index in [0.717, 1.165) is 29.5 Å². The topological polar surface area (TPSA) is 70.4 Å². The molecule has 0 bridgehead atoms. The van der Waals surface area contributed by atoms with Crippen molar-refractivity contribution in [2.24, 2.45) is 5.92 Å². The van der Waals surface area contributed by atoms with Crippen LogP contribution in [0.15, 0.2) is 12.1 Å². The van der Waals surface area contributed by atoms with Gasteiger partial charge in [-0.1, -0.05) is 0 Å². The van der Waals surface area contributed by atoms with Crippen LogP contribution >= 0.6 is 11.8 Å². The molecule has 27 heavy (non-hydrogen) atoms. The molecule has 1 saturated heterocycles. The van der Waals surface area contributed by atoms with Crippen LogP contribution in [0.1, 0.15) is 36.0 Å². The third kappa shape index (κ3) is 4.56. The normalized spacial score (nSPS) is 23.3. The Bertz CT molecular complexity index is 684. The van der Waals surface area contributed by atoms with Gasteiger partial charge in [0.2, 0.25) is 0 Å². The average molecular weight is 402 g/mol. The highest BCUT2D eigenvalue weighted by Crippen LogP contribution is 2.38. The van der Waals surface area contributed by atoms with Gasteiger partial charge in [-0.05, 0) is 37.8 Å². The third-order valence-corrected chi connectivity index (χ3v) is 6.27. The van der Waals surface area contributed by atoms with Gasteiger partial charge in [-0.15, -0.1) is 11.8 Å². The van der Waals surface area contributed by atoms with Crippen LogP contribution in [-0.2, 0) is 0 Å². The molecule has 0 atom stereocenters. The smallest absolute Gasteiger partial charge is 0.391 e. The summed E-state index contributed by atoms with van der Waals surface area (Å²) in [6.07, 6.45) is -3.34. The SMILES string of the molecule is CNc1cc(N2CCSC2)c(C(=O)N[C@H]2CC[C@H](C(F)(F)F)CC2)cc1N. The van der Waals surface area contributed by atoms with Gasteiger partial charge in [0.05, 0.1) is 34.4 Å². The van der Waals surface area contributed by atoms with Gasteiger partial charge >= 0.3 is 6.18 Å². The van der Waals surface area contributed by atoms with Crippen molar-refractivity contribution >= 4 is 34.7 Å². The fraction of sp³-hybridized carbons (Fsp3) is 0.611. The van der Waals surface area contributed by atoms with Crippen molar-refractivity contribution in [2.75, 3.05) is 41.2 Å². The van der Waals surface area contributed by atoms with E-state index in [1.54, 1.807) is 24.9 Å². The molecule has 2 fully saturated rings. The van der Waals surface area contributed by atoms with Crippen LogP contribution in [0.4, 0.5) is 30.2 Å². The van der Waals surface area contributed by atoms with Gasteiger partial charge in [-0.3, -0.25) is 4.79 Å². The number of nitrogens with one attached hydrogen (secondary N) is 2. The molecule has 3 rings (SSSR count). The van der Waals surface area contributed by atoms with E-state index in [2.05, 4.69) is 15.5 Å². The largest absolute Gasteiger partial charge is 0.397 e. The lowest BCUT2D eigenvalue weighted by atomic mass is 9.85. The summed E-state index contributed by atoms with van der Waals surface area (Å²) >= 11 is 1.79. The maximum atomic E-state index is 12.9. The number of hydrogen-bond donors (Lipinski definition) is 3. The van der Waals surface area contributed by atoms with Gasteiger partial charge in [0, 0.05) is 25.4 Å². The molecule has 9 heteroatoms. The molecule has 0 spiro atoms. The van der Waals surface area contributed by atoms with Gasteiger partial charge in [0.25, 0.3) is 5.91 Å². The predicted molar refractivity (Wildman–Crippen MR) is 104 cm³/mol. The minimum atomic E-state index is -4.15. The lowest BCUT2D eigenvalue weighted by Crippen LogP contribution is -2.40. The van der Waals surface area contributed by atoms with Crippen molar-refractivity contribution in [1.82, 2.24) is 5.32 Å². The van der Waals surface area contributed by atoms with E-state index in [-0.39, 0.29) is 24.8 Å². The summed E-state index contributed by atoms with van der Waals surface area (Å²) in [5.74, 6) is 0.256. The van der Waals surface area contributed by atoms with Gasteiger partial charge in [-0.2, -0.15) is 13.2 Å². The monoisotopic (exact) mass is 402 g/mol. The van der Waals surface area contributed by atoms with E-state index in [9.17, 15) is 18.0 Å². The Morgan fingerprint density at radius 1 is 1.26 bits per heavy atom. The van der Waals surface area contributed by atoms with Crippen molar-refractivity contribution in [3.63, 3.8) is 0 Å². The number of halogens is 3. The number of thioether (sulfide) groups is 1. The summed E-state index contributed by atoms with van der Waals surface area (Å²) in [7, 11) is 1.77. The fourth-order valence-corrected chi connectivity index (χ4v) is 4.66. The third-order valence-electron chi connectivity index (χ3n) is 5.30. The highest BCUT2D eigenvalue weighted by molar-refractivity contribution is 7.99. The molecule has 5 nitrogen and oxygen atoms in total. The van der Waals surface area contributed by atoms with Crippen molar-refractivity contribution < 1.29 is 18.0 Å². The second-order valence-corrected chi connectivity index (χ2v) is 8.15. The zero-order chi connectivity index (χ0) is 19.6. The Morgan fingerprint density at radius 3 is 2.52 bits per heavy atom. The van der Waals surface area contributed by atoms with Gasteiger partial charge in [0.1, 0.15) is 0 Å². The zero-order valence-electron chi connectivity index (χ0n) is 15.2. The van der Waals surface area contributed by atoms with E-state index in [4.69, 9.17) is 5.73 Å². The molecule has 1 saturated carbocycles. The molecule has 4 N–H and O–H groups in total. The highest BCUT2D eigenvalue weighted by Gasteiger charge is 2.41. The van der Waals surface area contributed by atoms with E-state index in [1.165, 1.54) is 0 Å². The molecule has 0 aromatic heterocycles. The van der Waals surface area contributed by atoms with Gasteiger partial charge in [-0.25, -0.2) is 0 Å². The summed E-state index contributed by atoms with van der Waals surface area (Å²) in [5.41, 5.74) is 8.55. The van der Waals surface area contributed by atoms with Crippen molar-refractivity contribution in [3.8, 4) is 0 Å². The molecule has 1 heterocycles. The molecule has 1 amide bonds. The van der Waals surface area contributed by atoms with Gasteiger partial charge in [0.15, 0.2) is 0 Å². The van der Waals surface area contributed by atoms with E-state index < -0.39 is 12.1 Å². The van der Waals surface area contributed by atoms with Crippen LogP contribution in [0.25, 0.3) is 0 Å². The number of benzene rings is 1. The molecule has 0 unspecified atom stereocenters. The number of carbonyl (C=O) groups excluding carboxylic acids is 1. The van der Waals surface area contributed by atoms with Crippen LogP contribution < -0.4 is 21.3 Å². The van der Waals surface area contributed by atoms with Crippen LogP contribution in [0.5, 0.6) is 0 Å². The first kappa shape index (κ1) is 20.0. The Hall–Kier alpha value is -1.77. The van der Waals surface area contributed by atoms with Crippen LogP contribution in [0.3, 0.4) is 0 Å². The quantitative estimate of drug-likeness (QED) is 0.671. The number of carbonyl (C=O) groups is 1. The average Bonchev–Trinajstić information content (AvgIpc) is 3.15. The molecular weight excluding hydrogens is 377 g/mol. The minimum Gasteiger partial charge on any atom is -0.397 e. The Labute approximate surface area is 161 Å². The lowest BCUT2D eigenvalue weighted by Gasteiger charge is -2.31. The molecule has 1 aromatic rings. The van der Waals surface area contributed by atoms with Crippen LogP contribution in [-0.4, -0.2) is 43.3 Å². The summed E-state index contributed by atoms with van der Waals surface area (Å²) in [6.45, 7) is 0.842. The zero-order valence-corrected chi connectivity index (χ0v) is 16.1. The minimum absolute atomic E-state index is 0.0604. The Balaban J connectivity index is 1.73. The lowest BCUT2D eigenvalue weighted by molar-refractivity contribution is -0.182. The second kappa shape index (κ2) is 8.08. The van der Waals surface area contributed by atoms with E-state index in [0.29, 0.717) is 24.1 Å². The molecule has 1 aliphatic carbocycles. The van der Waals surface area contributed by atoms with Gasteiger partial charge < -0.3 is 21.3 Å². The molecule has 1 aromatic carbocycles. The van der Waals surface area contributed by atoms with Crippen molar-refractivity contribution in [3.05, 3.63) is 17.7 Å². The molecule has 1 aliphatic heterocycles. The summed E-state index contributed by atoms with van der Waals surface area (Å²) in [5, 5.41) is 5.95. The number of alkyl halides is 3. The summed E-state index contributed by atoms with van der Waals surface area (Å²) in [6, 6.07) is 3.29. The number of rotatable bonds is 4. The number of nitrogen functional groups attached to an aromatic ring is 1. The Morgan fingerprint density at radius 2 is 1.96 bits per heavy atom. The van der Waals surface area contributed by atoms with Crippen LogP contribution in [0.2, 0.25) is 0 Å². The fourth-order valence-electron chi connectivity index (χ4n) is 3.70. The summed E-state index contributed by atoms with van der Waals surface area (Å²) < 4.78 is 38.5. The van der Waals surface area contributed by atoms with Crippen LogP contribution in [0, 0.1) is 5.92 Å². The first-order valence-electron chi connectivity index (χ1n) is 9.11. The molecule has 150 valence electrons. The number of hydrogen-bond acceptors (Lipinski definition) is 5. The van der Waals surface area contributed by atoms with Crippen molar-refractivity contribution in [2.45, 2.75) is 37.9 Å². The second-order valence-electron chi connectivity index (χ2n) is 7.07. The van der Waals surface area contributed by atoms with Crippen molar-refractivity contribution in [1.29, 1.82) is 0 Å². The summed E-state index contributed by atoms with van der Waals surface area (Å²) in [4.78, 5) is 15.0. The first-order chi connectivity index (χ1) is 12.8. The molecular formula is C18H25F3N4OS. The maximum absolute atomic E-state index is 12.9. The van der Waals surface area contributed by atoms with E-state index in [1.807, 2.05) is 6.07 Å². The number of anilines is 3. The Kier molecular flexibility index (Phi) is 5.98. The first-order valence-corrected chi connectivity index (χ1v) is 10.3. The maximum Gasteiger partial charge on any atom is 0.391 e. The molecule has 0 radical (unpaired) electrons. The number of nitrogens with two attached hydrogens (primary N) is 1. The standard InChI is InChI=1S/C18H25F3N4OS/c1-23-15-9-16(25-6-7-27-10-25)13(8-14(15)22)17(26)24-12-4-2-11(3-5-12)18(19,20)21/h8-9,11-12,23H,2-7,10,22H2,1H3,(H,24,26)/t11-,12-. The van der Waals surface area contributed by atoms with E-state index >= 15 is 0 Å². The number of nitrogens with zero attached hydrogens (tertiary/aromatic N) is 1.